The van der Waals surface area contributed by atoms with Crippen LogP contribution in [0.25, 0.3) is 0 Å². The van der Waals surface area contributed by atoms with E-state index in [1.54, 1.807) is 0 Å². The molecule has 1 atom stereocenters. The SMILES string of the molecule is CC(C)Sc1ccc(C(CN)c2ccccc2)cc1. The molecule has 0 bridgehead atoms. The van der Waals surface area contributed by atoms with Crippen LogP contribution >= 0.6 is 11.8 Å². The first kappa shape index (κ1) is 14.2. The lowest BCUT2D eigenvalue weighted by atomic mass is 9.91. The molecule has 2 aromatic carbocycles. The van der Waals surface area contributed by atoms with E-state index < -0.39 is 0 Å². The van der Waals surface area contributed by atoms with Crippen LogP contribution in [-0.2, 0) is 0 Å². The van der Waals surface area contributed by atoms with Crippen molar-refractivity contribution >= 4 is 11.8 Å². The molecule has 2 aromatic rings. The molecule has 0 heterocycles. The first-order valence-corrected chi connectivity index (χ1v) is 7.60. The normalized spacial score (nSPS) is 12.6. The molecule has 0 fully saturated rings. The Labute approximate surface area is 120 Å². The molecule has 1 unspecified atom stereocenters. The van der Waals surface area contributed by atoms with Crippen LogP contribution in [-0.4, -0.2) is 11.8 Å². The van der Waals surface area contributed by atoms with Crippen LogP contribution in [0.4, 0.5) is 0 Å². The highest BCUT2D eigenvalue weighted by Gasteiger charge is 2.11. The molecule has 0 aromatic heterocycles. The van der Waals surface area contributed by atoms with Crippen molar-refractivity contribution in [1.29, 1.82) is 0 Å². The Kier molecular flexibility index (Phi) is 5.06. The van der Waals surface area contributed by atoms with Gasteiger partial charge in [-0.25, -0.2) is 0 Å². The molecule has 0 radical (unpaired) electrons. The predicted molar refractivity (Wildman–Crippen MR) is 84.8 cm³/mol. The lowest BCUT2D eigenvalue weighted by Crippen LogP contribution is -2.13. The van der Waals surface area contributed by atoms with Gasteiger partial charge in [0.05, 0.1) is 0 Å². The van der Waals surface area contributed by atoms with Gasteiger partial charge in [-0.05, 0) is 23.3 Å². The summed E-state index contributed by atoms with van der Waals surface area (Å²) < 4.78 is 0. The molecule has 0 saturated heterocycles. The Morgan fingerprint density at radius 2 is 1.47 bits per heavy atom. The Morgan fingerprint density at radius 3 is 2.00 bits per heavy atom. The molecule has 1 nitrogen and oxygen atoms in total. The Balaban J connectivity index is 2.20. The van der Waals surface area contributed by atoms with Gasteiger partial charge in [-0.15, -0.1) is 11.8 Å². The van der Waals surface area contributed by atoms with Crippen molar-refractivity contribution in [3.8, 4) is 0 Å². The summed E-state index contributed by atoms with van der Waals surface area (Å²) in [6, 6.07) is 19.3. The highest BCUT2D eigenvalue weighted by molar-refractivity contribution is 7.99. The second-order valence-electron chi connectivity index (χ2n) is 4.93. The minimum atomic E-state index is 0.291. The lowest BCUT2D eigenvalue weighted by molar-refractivity contribution is 0.818. The van der Waals surface area contributed by atoms with E-state index in [9.17, 15) is 0 Å². The van der Waals surface area contributed by atoms with Crippen LogP contribution < -0.4 is 5.73 Å². The minimum Gasteiger partial charge on any atom is -0.330 e. The minimum absolute atomic E-state index is 0.291. The average molecular weight is 271 g/mol. The zero-order valence-electron chi connectivity index (χ0n) is 11.5. The molecule has 2 rings (SSSR count). The maximum absolute atomic E-state index is 5.95. The maximum Gasteiger partial charge on any atom is 0.0212 e. The van der Waals surface area contributed by atoms with Gasteiger partial charge in [-0.3, -0.25) is 0 Å². The van der Waals surface area contributed by atoms with Crippen LogP contribution in [0.1, 0.15) is 30.9 Å². The van der Waals surface area contributed by atoms with E-state index in [4.69, 9.17) is 5.73 Å². The summed E-state index contributed by atoms with van der Waals surface area (Å²) in [5.41, 5.74) is 8.53. The van der Waals surface area contributed by atoms with Crippen LogP contribution in [0, 0.1) is 0 Å². The van der Waals surface area contributed by atoms with Crippen molar-refractivity contribution in [2.45, 2.75) is 29.9 Å². The highest BCUT2D eigenvalue weighted by atomic mass is 32.2. The van der Waals surface area contributed by atoms with Gasteiger partial charge in [-0.1, -0.05) is 56.3 Å². The van der Waals surface area contributed by atoms with Gasteiger partial charge in [0.2, 0.25) is 0 Å². The molecule has 0 amide bonds. The molecular weight excluding hydrogens is 250 g/mol. The van der Waals surface area contributed by atoms with Crippen molar-refractivity contribution in [3.63, 3.8) is 0 Å². The molecule has 100 valence electrons. The van der Waals surface area contributed by atoms with Crippen LogP contribution in [0.5, 0.6) is 0 Å². The summed E-state index contributed by atoms with van der Waals surface area (Å²) in [4.78, 5) is 1.32. The number of hydrogen-bond acceptors (Lipinski definition) is 2. The van der Waals surface area contributed by atoms with Crippen molar-refractivity contribution in [3.05, 3.63) is 65.7 Å². The third kappa shape index (κ3) is 3.85. The summed E-state index contributed by atoms with van der Waals surface area (Å²) in [6.45, 7) is 5.07. The van der Waals surface area contributed by atoms with E-state index in [1.807, 2.05) is 17.8 Å². The average Bonchev–Trinajstić information content (AvgIpc) is 2.42. The van der Waals surface area contributed by atoms with Gasteiger partial charge in [0.25, 0.3) is 0 Å². The van der Waals surface area contributed by atoms with Gasteiger partial charge in [0, 0.05) is 22.6 Å². The van der Waals surface area contributed by atoms with Crippen LogP contribution in [0.3, 0.4) is 0 Å². The monoisotopic (exact) mass is 271 g/mol. The topological polar surface area (TPSA) is 26.0 Å². The zero-order valence-corrected chi connectivity index (χ0v) is 12.4. The molecule has 0 aliphatic carbocycles. The third-order valence-corrected chi connectivity index (χ3v) is 4.11. The lowest BCUT2D eigenvalue weighted by Gasteiger charge is -2.16. The van der Waals surface area contributed by atoms with Gasteiger partial charge in [-0.2, -0.15) is 0 Å². The number of benzene rings is 2. The first-order valence-electron chi connectivity index (χ1n) is 6.72. The van der Waals surface area contributed by atoms with E-state index in [-0.39, 0.29) is 0 Å². The van der Waals surface area contributed by atoms with Crippen LogP contribution in [0.2, 0.25) is 0 Å². The van der Waals surface area contributed by atoms with Gasteiger partial charge < -0.3 is 5.73 Å². The number of thioether (sulfide) groups is 1. The number of rotatable bonds is 5. The quantitative estimate of drug-likeness (QED) is 0.822. The van der Waals surface area contributed by atoms with Gasteiger partial charge in [0.1, 0.15) is 0 Å². The molecule has 0 spiro atoms. The summed E-state index contributed by atoms with van der Waals surface area (Å²) >= 11 is 1.89. The molecule has 0 saturated carbocycles. The van der Waals surface area contributed by atoms with E-state index in [0.717, 1.165) is 0 Å². The maximum atomic E-state index is 5.95. The van der Waals surface area contributed by atoms with Crippen molar-refractivity contribution in [2.75, 3.05) is 6.54 Å². The Bertz CT molecular complexity index is 490. The van der Waals surface area contributed by atoms with Crippen molar-refractivity contribution in [2.24, 2.45) is 5.73 Å². The fourth-order valence-corrected chi connectivity index (χ4v) is 3.04. The second-order valence-corrected chi connectivity index (χ2v) is 6.58. The summed E-state index contributed by atoms with van der Waals surface area (Å²) in [7, 11) is 0. The smallest absolute Gasteiger partial charge is 0.0212 e. The highest BCUT2D eigenvalue weighted by Crippen LogP contribution is 2.27. The Morgan fingerprint density at radius 1 is 0.895 bits per heavy atom. The standard InChI is InChI=1S/C17H21NS/c1-13(2)19-16-10-8-15(9-11-16)17(12-18)14-6-4-3-5-7-14/h3-11,13,17H,12,18H2,1-2H3. The predicted octanol–water partition coefficient (Wildman–Crippen LogP) is 4.28. The third-order valence-electron chi connectivity index (χ3n) is 3.09. The number of hydrogen-bond donors (Lipinski definition) is 1. The van der Waals surface area contributed by atoms with Gasteiger partial charge >= 0.3 is 0 Å². The van der Waals surface area contributed by atoms with Crippen LogP contribution in [0.15, 0.2) is 59.5 Å². The summed E-state index contributed by atoms with van der Waals surface area (Å²) in [5, 5.41) is 0.616. The number of nitrogens with two attached hydrogens (primary N) is 1. The van der Waals surface area contributed by atoms with Crippen molar-refractivity contribution < 1.29 is 0 Å². The molecule has 2 heteroatoms. The van der Waals surface area contributed by atoms with Gasteiger partial charge in [0.15, 0.2) is 0 Å². The summed E-state index contributed by atoms with van der Waals surface area (Å²) in [5.74, 6) is 0.291. The second kappa shape index (κ2) is 6.78. The largest absolute Gasteiger partial charge is 0.330 e. The van der Waals surface area contributed by atoms with Crippen molar-refractivity contribution in [1.82, 2.24) is 0 Å². The molecule has 2 N–H and O–H groups in total. The molecular formula is C17H21NS. The summed E-state index contributed by atoms with van der Waals surface area (Å²) in [6.07, 6.45) is 0. The molecule has 0 aliphatic heterocycles. The van der Waals surface area contributed by atoms with E-state index in [1.165, 1.54) is 16.0 Å². The fraction of sp³-hybridized carbons (Fsp3) is 0.294. The Hall–Kier alpha value is -1.25. The van der Waals surface area contributed by atoms with E-state index >= 15 is 0 Å². The molecule has 19 heavy (non-hydrogen) atoms. The zero-order chi connectivity index (χ0) is 13.7. The fourth-order valence-electron chi connectivity index (χ4n) is 2.20. The molecule has 0 aliphatic rings. The van der Waals surface area contributed by atoms with E-state index in [2.05, 4.69) is 62.4 Å². The van der Waals surface area contributed by atoms with E-state index in [0.29, 0.717) is 17.7 Å². The first-order chi connectivity index (χ1) is 9.20.